The molecule has 106 valence electrons. The molecule has 2 unspecified atom stereocenters. The van der Waals surface area contributed by atoms with Gasteiger partial charge in [-0.1, -0.05) is 6.07 Å². The van der Waals surface area contributed by atoms with E-state index in [-0.39, 0.29) is 11.5 Å². The second-order valence-electron chi connectivity index (χ2n) is 5.08. The lowest BCUT2D eigenvalue weighted by Crippen LogP contribution is -2.35. The minimum absolute atomic E-state index is 0.0152. The number of rotatable bonds is 3. The summed E-state index contributed by atoms with van der Waals surface area (Å²) in [5.41, 5.74) is 3.84. The van der Waals surface area contributed by atoms with E-state index in [2.05, 4.69) is 5.43 Å². The van der Waals surface area contributed by atoms with Crippen molar-refractivity contribution in [3.8, 4) is 0 Å². The van der Waals surface area contributed by atoms with Gasteiger partial charge in [0.1, 0.15) is 11.6 Å². The second kappa shape index (κ2) is 5.60. The van der Waals surface area contributed by atoms with Crippen LogP contribution in [0.2, 0.25) is 0 Å². The SMILES string of the molecule is NNC(c1c(F)cccc1F)C1CCCc2sccc21. The van der Waals surface area contributed by atoms with Crippen molar-refractivity contribution in [1.82, 2.24) is 5.43 Å². The molecule has 1 aliphatic carbocycles. The van der Waals surface area contributed by atoms with Crippen LogP contribution < -0.4 is 11.3 Å². The molecule has 1 heterocycles. The molecule has 0 spiro atoms. The van der Waals surface area contributed by atoms with Crippen molar-refractivity contribution in [2.24, 2.45) is 5.84 Å². The minimum atomic E-state index is -0.546. The summed E-state index contributed by atoms with van der Waals surface area (Å²) in [6.45, 7) is 0. The lowest BCUT2D eigenvalue weighted by atomic mass is 9.80. The van der Waals surface area contributed by atoms with Gasteiger partial charge in [-0.25, -0.2) is 8.78 Å². The van der Waals surface area contributed by atoms with Crippen LogP contribution in [0.5, 0.6) is 0 Å². The van der Waals surface area contributed by atoms with Crippen molar-refractivity contribution < 1.29 is 8.78 Å². The molecule has 3 N–H and O–H groups in total. The Hall–Kier alpha value is -1.30. The summed E-state index contributed by atoms with van der Waals surface area (Å²) in [7, 11) is 0. The number of hydrazine groups is 1. The highest BCUT2D eigenvalue weighted by Gasteiger charge is 2.32. The van der Waals surface area contributed by atoms with Crippen molar-refractivity contribution in [3.05, 3.63) is 57.3 Å². The first-order chi connectivity index (χ1) is 9.72. The molecule has 1 aromatic heterocycles. The van der Waals surface area contributed by atoms with E-state index in [1.54, 1.807) is 11.3 Å². The fourth-order valence-corrected chi connectivity index (χ4v) is 4.07. The quantitative estimate of drug-likeness (QED) is 0.670. The van der Waals surface area contributed by atoms with Crippen LogP contribution >= 0.6 is 11.3 Å². The second-order valence-corrected chi connectivity index (χ2v) is 6.08. The average Bonchev–Trinajstić information content (AvgIpc) is 2.91. The minimum Gasteiger partial charge on any atom is -0.271 e. The summed E-state index contributed by atoms with van der Waals surface area (Å²) >= 11 is 1.70. The van der Waals surface area contributed by atoms with E-state index in [0.717, 1.165) is 19.3 Å². The van der Waals surface area contributed by atoms with Crippen molar-refractivity contribution in [3.63, 3.8) is 0 Å². The van der Waals surface area contributed by atoms with Gasteiger partial charge in [-0.15, -0.1) is 11.3 Å². The van der Waals surface area contributed by atoms with Gasteiger partial charge in [0.25, 0.3) is 0 Å². The summed E-state index contributed by atoms with van der Waals surface area (Å²) in [6.07, 6.45) is 2.94. The Labute approximate surface area is 120 Å². The van der Waals surface area contributed by atoms with Gasteiger partial charge in [0, 0.05) is 16.4 Å². The van der Waals surface area contributed by atoms with Gasteiger partial charge in [0.15, 0.2) is 0 Å². The molecule has 0 saturated heterocycles. The zero-order valence-corrected chi connectivity index (χ0v) is 11.7. The lowest BCUT2D eigenvalue weighted by molar-refractivity contribution is 0.383. The molecule has 0 radical (unpaired) electrons. The molecular weight excluding hydrogens is 278 g/mol. The number of benzene rings is 1. The summed E-state index contributed by atoms with van der Waals surface area (Å²) in [6, 6.07) is 5.44. The van der Waals surface area contributed by atoms with Gasteiger partial charge >= 0.3 is 0 Å². The number of halogens is 2. The van der Waals surface area contributed by atoms with Gasteiger partial charge in [0.2, 0.25) is 0 Å². The fourth-order valence-electron chi connectivity index (χ4n) is 3.08. The van der Waals surface area contributed by atoms with Crippen molar-refractivity contribution >= 4 is 11.3 Å². The molecule has 0 aliphatic heterocycles. The van der Waals surface area contributed by atoms with E-state index in [9.17, 15) is 8.78 Å². The first-order valence-corrected chi connectivity index (χ1v) is 7.56. The standard InChI is InChI=1S/C15H16F2N2S/c16-11-4-2-5-12(17)14(11)15(19-18)10-3-1-6-13-9(10)7-8-20-13/h2,4-5,7-8,10,15,19H,1,3,6,18H2. The maximum atomic E-state index is 14.0. The van der Waals surface area contributed by atoms with E-state index in [4.69, 9.17) is 5.84 Å². The van der Waals surface area contributed by atoms with Crippen LogP contribution in [0, 0.1) is 11.6 Å². The van der Waals surface area contributed by atoms with Gasteiger partial charge in [-0.2, -0.15) is 0 Å². The maximum Gasteiger partial charge on any atom is 0.130 e. The number of aryl methyl sites for hydroxylation is 1. The molecule has 20 heavy (non-hydrogen) atoms. The highest BCUT2D eigenvalue weighted by molar-refractivity contribution is 7.10. The van der Waals surface area contributed by atoms with Gasteiger partial charge in [-0.05, 0) is 48.4 Å². The van der Waals surface area contributed by atoms with Crippen molar-refractivity contribution in [1.29, 1.82) is 0 Å². The monoisotopic (exact) mass is 294 g/mol. The molecule has 1 aliphatic rings. The molecule has 0 saturated carbocycles. The van der Waals surface area contributed by atoms with Crippen LogP contribution in [-0.2, 0) is 6.42 Å². The Kier molecular flexibility index (Phi) is 3.83. The molecule has 0 bridgehead atoms. The summed E-state index contributed by atoms with van der Waals surface area (Å²) in [5.74, 6) is 4.54. The predicted octanol–water partition coefficient (Wildman–Crippen LogP) is 3.65. The molecule has 0 fully saturated rings. The Balaban J connectivity index is 2.04. The third-order valence-electron chi connectivity index (χ3n) is 3.99. The Morgan fingerprint density at radius 3 is 2.70 bits per heavy atom. The number of hydrogen-bond acceptors (Lipinski definition) is 3. The summed E-state index contributed by atoms with van der Waals surface area (Å²) in [5, 5.41) is 2.04. The highest BCUT2D eigenvalue weighted by atomic mass is 32.1. The van der Waals surface area contributed by atoms with Crippen LogP contribution in [0.4, 0.5) is 8.78 Å². The van der Waals surface area contributed by atoms with Crippen LogP contribution in [-0.4, -0.2) is 0 Å². The zero-order chi connectivity index (χ0) is 14.1. The largest absolute Gasteiger partial charge is 0.271 e. The van der Waals surface area contributed by atoms with Crippen LogP contribution in [0.1, 0.15) is 40.8 Å². The first-order valence-electron chi connectivity index (χ1n) is 6.68. The number of nitrogens with two attached hydrogens (primary N) is 1. The van der Waals surface area contributed by atoms with E-state index in [0.29, 0.717) is 0 Å². The summed E-state index contributed by atoms with van der Waals surface area (Å²) < 4.78 is 28.0. The number of thiophene rings is 1. The molecule has 2 nitrogen and oxygen atoms in total. The van der Waals surface area contributed by atoms with Crippen molar-refractivity contribution in [2.45, 2.75) is 31.2 Å². The average molecular weight is 294 g/mol. The Morgan fingerprint density at radius 2 is 2.00 bits per heavy atom. The number of nitrogens with one attached hydrogen (secondary N) is 1. The maximum absolute atomic E-state index is 14.0. The fraction of sp³-hybridized carbons (Fsp3) is 0.333. The number of fused-ring (bicyclic) bond motifs is 1. The van der Waals surface area contributed by atoms with E-state index in [1.807, 2.05) is 11.4 Å². The predicted molar refractivity (Wildman–Crippen MR) is 76.4 cm³/mol. The van der Waals surface area contributed by atoms with Gasteiger partial charge in [-0.3, -0.25) is 11.3 Å². The van der Waals surface area contributed by atoms with Crippen LogP contribution in [0.25, 0.3) is 0 Å². The first kappa shape index (κ1) is 13.7. The molecule has 3 rings (SSSR count). The van der Waals surface area contributed by atoms with Crippen molar-refractivity contribution in [2.75, 3.05) is 0 Å². The Bertz CT molecular complexity index is 591. The smallest absolute Gasteiger partial charge is 0.130 e. The third-order valence-corrected chi connectivity index (χ3v) is 4.99. The molecular formula is C15H16F2N2S. The topological polar surface area (TPSA) is 38.0 Å². The third kappa shape index (κ3) is 2.26. The number of hydrogen-bond donors (Lipinski definition) is 2. The highest BCUT2D eigenvalue weighted by Crippen LogP contribution is 2.43. The molecule has 2 aromatic rings. The van der Waals surface area contributed by atoms with E-state index in [1.165, 1.54) is 28.6 Å². The normalized spacial score (nSPS) is 19.6. The zero-order valence-electron chi connectivity index (χ0n) is 10.9. The lowest BCUT2D eigenvalue weighted by Gasteiger charge is -2.31. The van der Waals surface area contributed by atoms with E-state index >= 15 is 0 Å². The molecule has 5 heteroatoms. The van der Waals surface area contributed by atoms with Gasteiger partial charge in [0.05, 0.1) is 6.04 Å². The molecule has 1 aromatic carbocycles. The van der Waals surface area contributed by atoms with Crippen LogP contribution in [0.3, 0.4) is 0 Å². The molecule has 2 atom stereocenters. The summed E-state index contributed by atoms with van der Waals surface area (Å²) in [4.78, 5) is 1.30. The molecule has 0 amide bonds. The van der Waals surface area contributed by atoms with Gasteiger partial charge < -0.3 is 0 Å². The van der Waals surface area contributed by atoms with Crippen LogP contribution in [0.15, 0.2) is 29.6 Å². The van der Waals surface area contributed by atoms with E-state index < -0.39 is 17.7 Å². The Morgan fingerprint density at radius 1 is 1.25 bits per heavy atom.